The van der Waals surface area contributed by atoms with E-state index in [-0.39, 0.29) is 17.4 Å². The van der Waals surface area contributed by atoms with Gasteiger partial charge in [0.25, 0.3) is 0 Å². The van der Waals surface area contributed by atoms with Crippen molar-refractivity contribution >= 4 is 15.7 Å². The predicted octanol–water partition coefficient (Wildman–Crippen LogP) is 0.935. The average Bonchev–Trinajstić information content (AvgIpc) is 3.15. The largest absolute Gasteiger partial charge is 0.398 e. The highest BCUT2D eigenvalue weighted by Gasteiger charge is 2.31. The van der Waals surface area contributed by atoms with Gasteiger partial charge >= 0.3 is 0 Å². The summed E-state index contributed by atoms with van der Waals surface area (Å²) in [5.41, 5.74) is 7.41. The number of anilines is 1. The fraction of sp³-hybridized carbons (Fsp3) is 0.538. The number of nitrogen functional groups attached to an aromatic ring is 1. The van der Waals surface area contributed by atoms with Crippen molar-refractivity contribution in [2.45, 2.75) is 37.7 Å². The summed E-state index contributed by atoms with van der Waals surface area (Å²) < 4.78 is 27.1. The van der Waals surface area contributed by atoms with Crippen LogP contribution in [0.2, 0.25) is 0 Å². The summed E-state index contributed by atoms with van der Waals surface area (Å²) in [5, 5.41) is 9.74. The second-order valence-electron chi connectivity index (χ2n) is 5.18. The van der Waals surface area contributed by atoms with E-state index in [1.54, 1.807) is 26.0 Å². The van der Waals surface area contributed by atoms with Gasteiger partial charge in [-0.1, -0.05) is 6.07 Å². The molecule has 0 bridgehead atoms. The molecule has 2 rings (SSSR count). The lowest BCUT2D eigenvalue weighted by Crippen LogP contribution is -2.34. The molecule has 1 atom stereocenters. The zero-order chi connectivity index (χ0) is 14.2. The Morgan fingerprint density at radius 3 is 2.63 bits per heavy atom. The van der Waals surface area contributed by atoms with E-state index < -0.39 is 16.1 Å². The maximum atomic E-state index is 12.3. The van der Waals surface area contributed by atoms with Gasteiger partial charge < -0.3 is 10.8 Å². The second kappa shape index (κ2) is 5.11. The molecular weight excluding hydrogens is 264 g/mol. The van der Waals surface area contributed by atoms with Crippen molar-refractivity contribution in [2.75, 3.05) is 12.3 Å². The Kier molecular flexibility index (Phi) is 3.85. The molecule has 0 radical (unpaired) electrons. The van der Waals surface area contributed by atoms with E-state index in [4.69, 9.17) is 5.73 Å². The van der Waals surface area contributed by atoms with Gasteiger partial charge in [0, 0.05) is 12.2 Å². The molecule has 19 heavy (non-hydrogen) atoms. The van der Waals surface area contributed by atoms with Crippen molar-refractivity contribution < 1.29 is 13.5 Å². The van der Waals surface area contributed by atoms with E-state index in [1.807, 2.05) is 0 Å². The fourth-order valence-electron chi connectivity index (χ4n) is 2.17. The lowest BCUT2D eigenvalue weighted by Gasteiger charge is -2.15. The van der Waals surface area contributed by atoms with Crippen LogP contribution >= 0.6 is 0 Å². The number of benzene rings is 1. The third-order valence-electron chi connectivity index (χ3n) is 3.56. The van der Waals surface area contributed by atoms with E-state index >= 15 is 0 Å². The Hall–Kier alpha value is -1.11. The van der Waals surface area contributed by atoms with Crippen LogP contribution in [0.25, 0.3) is 0 Å². The van der Waals surface area contributed by atoms with E-state index in [0.29, 0.717) is 16.8 Å². The quantitative estimate of drug-likeness (QED) is 0.701. The molecule has 1 aliphatic carbocycles. The number of rotatable bonds is 5. The number of nitrogens with one attached hydrogen (secondary N) is 1. The van der Waals surface area contributed by atoms with Gasteiger partial charge in [-0.05, 0) is 49.8 Å². The highest BCUT2D eigenvalue weighted by Crippen LogP contribution is 2.32. The molecule has 1 aromatic rings. The number of nitrogens with two attached hydrogens (primary N) is 1. The normalized spacial score (nSPS) is 17.4. The second-order valence-corrected chi connectivity index (χ2v) is 6.89. The number of sulfonamides is 1. The summed E-state index contributed by atoms with van der Waals surface area (Å²) in [4.78, 5) is 0.218. The molecule has 106 valence electrons. The van der Waals surface area contributed by atoms with Gasteiger partial charge in [0.1, 0.15) is 0 Å². The van der Waals surface area contributed by atoms with Crippen LogP contribution in [0.1, 0.15) is 24.0 Å². The lowest BCUT2D eigenvalue weighted by molar-refractivity contribution is 0.155. The molecule has 0 spiro atoms. The van der Waals surface area contributed by atoms with Gasteiger partial charge in [-0.15, -0.1) is 0 Å². The summed E-state index contributed by atoms with van der Waals surface area (Å²) in [6, 6.07) is 3.39. The highest BCUT2D eigenvalue weighted by molar-refractivity contribution is 7.89. The predicted molar refractivity (Wildman–Crippen MR) is 74.2 cm³/mol. The fourth-order valence-corrected chi connectivity index (χ4v) is 3.72. The number of aliphatic hydroxyl groups excluding tert-OH is 1. The molecule has 6 heteroatoms. The molecule has 0 heterocycles. The van der Waals surface area contributed by atoms with Crippen LogP contribution < -0.4 is 10.5 Å². The summed E-state index contributed by atoms with van der Waals surface area (Å²) >= 11 is 0. The molecule has 0 aromatic heterocycles. The molecule has 0 amide bonds. The zero-order valence-corrected chi connectivity index (χ0v) is 12.0. The maximum Gasteiger partial charge on any atom is 0.241 e. The van der Waals surface area contributed by atoms with Gasteiger partial charge in [-0.25, -0.2) is 13.1 Å². The Balaban J connectivity index is 2.21. The SMILES string of the molecule is Cc1ccc(N)c(C)c1S(=O)(=O)NCC(O)C1CC1. The van der Waals surface area contributed by atoms with Crippen molar-refractivity contribution in [3.8, 4) is 0 Å². The number of aryl methyl sites for hydroxylation is 1. The van der Waals surface area contributed by atoms with E-state index in [9.17, 15) is 13.5 Å². The van der Waals surface area contributed by atoms with Crippen LogP contribution in [0, 0.1) is 19.8 Å². The van der Waals surface area contributed by atoms with Crippen molar-refractivity contribution in [1.29, 1.82) is 0 Å². The van der Waals surface area contributed by atoms with Crippen LogP contribution in [-0.4, -0.2) is 26.2 Å². The minimum absolute atomic E-state index is 0.0562. The average molecular weight is 284 g/mol. The van der Waals surface area contributed by atoms with Gasteiger partial charge in [0.05, 0.1) is 11.0 Å². The Morgan fingerprint density at radius 1 is 1.42 bits per heavy atom. The Labute approximate surface area is 113 Å². The highest BCUT2D eigenvalue weighted by atomic mass is 32.2. The minimum Gasteiger partial charge on any atom is -0.398 e. The van der Waals surface area contributed by atoms with Crippen LogP contribution in [0.15, 0.2) is 17.0 Å². The van der Waals surface area contributed by atoms with Crippen LogP contribution in [0.3, 0.4) is 0 Å². The minimum atomic E-state index is -3.63. The monoisotopic (exact) mass is 284 g/mol. The standard InChI is InChI=1S/C13H20N2O3S/c1-8-3-6-11(14)9(2)13(8)19(17,18)15-7-12(16)10-4-5-10/h3,6,10,12,15-16H,4-5,7,14H2,1-2H3. The van der Waals surface area contributed by atoms with E-state index in [0.717, 1.165) is 12.8 Å². The first-order valence-electron chi connectivity index (χ1n) is 6.36. The van der Waals surface area contributed by atoms with Crippen LogP contribution in [-0.2, 0) is 10.0 Å². The summed E-state index contributed by atoms with van der Waals surface area (Å²) in [6.45, 7) is 3.48. The van der Waals surface area contributed by atoms with E-state index in [1.165, 1.54) is 0 Å². The van der Waals surface area contributed by atoms with Gasteiger partial charge in [0.2, 0.25) is 10.0 Å². The van der Waals surface area contributed by atoms with Crippen LogP contribution in [0.5, 0.6) is 0 Å². The molecule has 1 aliphatic rings. The molecule has 0 saturated heterocycles. The smallest absolute Gasteiger partial charge is 0.241 e. The third-order valence-corrected chi connectivity index (χ3v) is 5.27. The zero-order valence-electron chi connectivity index (χ0n) is 11.2. The molecule has 1 saturated carbocycles. The number of hydrogen-bond donors (Lipinski definition) is 3. The van der Waals surface area contributed by atoms with Crippen molar-refractivity contribution in [3.63, 3.8) is 0 Å². The Morgan fingerprint density at radius 2 is 2.05 bits per heavy atom. The first-order chi connectivity index (χ1) is 8.83. The van der Waals surface area contributed by atoms with Crippen molar-refractivity contribution in [1.82, 2.24) is 4.72 Å². The first kappa shape index (κ1) is 14.3. The molecule has 1 aromatic carbocycles. The Bertz CT molecular complexity index is 580. The first-order valence-corrected chi connectivity index (χ1v) is 7.84. The molecular formula is C13H20N2O3S. The topological polar surface area (TPSA) is 92.4 Å². The molecule has 1 fully saturated rings. The molecule has 4 N–H and O–H groups in total. The van der Waals surface area contributed by atoms with Gasteiger partial charge in [0.15, 0.2) is 0 Å². The van der Waals surface area contributed by atoms with E-state index in [2.05, 4.69) is 4.72 Å². The summed E-state index contributed by atoms with van der Waals surface area (Å²) in [6.07, 6.45) is 1.34. The van der Waals surface area contributed by atoms with Gasteiger partial charge in [-0.2, -0.15) is 0 Å². The summed E-state index contributed by atoms with van der Waals surface area (Å²) in [7, 11) is -3.63. The number of hydrogen-bond acceptors (Lipinski definition) is 4. The molecule has 1 unspecified atom stereocenters. The maximum absolute atomic E-state index is 12.3. The molecule has 5 nitrogen and oxygen atoms in total. The van der Waals surface area contributed by atoms with Gasteiger partial charge in [-0.3, -0.25) is 0 Å². The third kappa shape index (κ3) is 3.08. The number of aliphatic hydroxyl groups is 1. The van der Waals surface area contributed by atoms with Crippen molar-refractivity contribution in [3.05, 3.63) is 23.3 Å². The summed E-state index contributed by atoms with van der Waals surface area (Å²) in [5.74, 6) is 0.241. The van der Waals surface area contributed by atoms with Crippen LogP contribution in [0.4, 0.5) is 5.69 Å². The molecule has 0 aliphatic heterocycles. The lowest BCUT2D eigenvalue weighted by atomic mass is 10.1. The van der Waals surface area contributed by atoms with Crippen molar-refractivity contribution in [2.24, 2.45) is 5.92 Å².